The van der Waals surface area contributed by atoms with Crippen molar-refractivity contribution in [1.29, 1.82) is 0 Å². The van der Waals surface area contributed by atoms with Crippen LogP contribution in [0.4, 0.5) is 5.69 Å². The lowest BCUT2D eigenvalue weighted by Crippen LogP contribution is -2.50. The van der Waals surface area contributed by atoms with E-state index in [-0.39, 0.29) is 19.1 Å². The van der Waals surface area contributed by atoms with E-state index in [2.05, 4.69) is 5.32 Å². The third-order valence-electron chi connectivity index (χ3n) is 4.95. The third kappa shape index (κ3) is 5.89. The molecule has 2 aromatic carbocycles. The second-order valence-electron chi connectivity index (χ2n) is 7.25. The number of nitrogens with one attached hydrogen (secondary N) is 1. The molecular weight excluding hydrogens is 424 g/mol. The SMILES string of the molecule is CC[C@@H](C(=O)NCCOc1cccc(C)c1C)N(c1ccc(C)c(Cl)c1)S(C)(=O)=O. The number of aryl methyl sites for hydroxylation is 2. The molecule has 2 rings (SSSR count). The maximum Gasteiger partial charge on any atom is 0.244 e. The molecule has 6 nitrogen and oxygen atoms in total. The van der Waals surface area contributed by atoms with Crippen molar-refractivity contribution in [2.75, 3.05) is 23.7 Å². The topological polar surface area (TPSA) is 75.7 Å². The van der Waals surface area contributed by atoms with Crippen molar-refractivity contribution >= 4 is 33.2 Å². The number of carbonyl (C=O) groups excluding carboxylic acids is 1. The summed E-state index contributed by atoms with van der Waals surface area (Å²) in [4.78, 5) is 12.8. The number of hydrogen-bond donors (Lipinski definition) is 1. The molecule has 0 fully saturated rings. The third-order valence-corrected chi connectivity index (χ3v) is 6.54. The molecule has 0 heterocycles. The smallest absolute Gasteiger partial charge is 0.244 e. The quantitative estimate of drug-likeness (QED) is 0.583. The summed E-state index contributed by atoms with van der Waals surface area (Å²) in [6, 6.07) is 9.87. The molecule has 0 bridgehead atoms. The number of anilines is 1. The van der Waals surface area contributed by atoms with Gasteiger partial charge in [0.1, 0.15) is 18.4 Å². The van der Waals surface area contributed by atoms with Crippen molar-refractivity contribution in [2.24, 2.45) is 0 Å². The Morgan fingerprint density at radius 2 is 1.87 bits per heavy atom. The van der Waals surface area contributed by atoms with E-state index >= 15 is 0 Å². The minimum absolute atomic E-state index is 0.259. The van der Waals surface area contributed by atoms with Crippen LogP contribution in [-0.2, 0) is 14.8 Å². The number of halogens is 1. The first-order valence-corrected chi connectivity index (χ1v) is 12.0. The highest BCUT2D eigenvalue weighted by Gasteiger charge is 2.31. The van der Waals surface area contributed by atoms with Crippen LogP contribution in [0, 0.1) is 20.8 Å². The second kappa shape index (κ2) is 10.2. The van der Waals surface area contributed by atoms with Gasteiger partial charge in [0.2, 0.25) is 15.9 Å². The van der Waals surface area contributed by atoms with Crippen LogP contribution in [-0.4, -0.2) is 39.8 Å². The second-order valence-corrected chi connectivity index (χ2v) is 9.52. The van der Waals surface area contributed by atoms with Crippen molar-refractivity contribution < 1.29 is 17.9 Å². The molecule has 0 saturated heterocycles. The molecule has 0 saturated carbocycles. The summed E-state index contributed by atoms with van der Waals surface area (Å²) >= 11 is 6.18. The van der Waals surface area contributed by atoms with Crippen LogP contribution in [0.2, 0.25) is 5.02 Å². The van der Waals surface area contributed by atoms with Crippen LogP contribution in [0.25, 0.3) is 0 Å². The summed E-state index contributed by atoms with van der Waals surface area (Å²) in [6.45, 7) is 8.12. The predicted octanol–water partition coefficient (Wildman–Crippen LogP) is 4.01. The number of hydrogen-bond acceptors (Lipinski definition) is 4. The zero-order chi connectivity index (χ0) is 22.5. The van der Waals surface area contributed by atoms with Crippen LogP contribution in [0.1, 0.15) is 30.0 Å². The number of amides is 1. The average Bonchev–Trinajstić information content (AvgIpc) is 2.67. The Morgan fingerprint density at radius 3 is 2.47 bits per heavy atom. The van der Waals surface area contributed by atoms with Crippen LogP contribution in [0.3, 0.4) is 0 Å². The lowest BCUT2D eigenvalue weighted by Gasteiger charge is -2.30. The minimum Gasteiger partial charge on any atom is -0.491 e. The summed E-state index contributed by atoms with van der Waals surface area (Å²) in [5.41, 5.74) is 3.37. The number of sulfonamides is 1. The Morgan fingerprint density at radius 1 is 1.17 bits per heavy atom. The van der Waals surface area contributed by atoms with E-state index in [4.69, 9.17) is 16.3 Å². The Kier molecular flexibility index (Phi) is 8.15. The Bertz CT molecular complexity index is 1010. The molecular formula is C22H29ClN2O4S. The van der Waals surface area contributed by atoms with Gasteiger partial charge in [-0.05, 0) is 62.1 Å². The zero-order valence-corrected chi connectivity index (χ0v) is 19.6. The zero-order valence-electron chi connectivity index (χ0n) is 18.0. The number of ether oxygens (including phenoxy) is 1. The van der Waals surface area contributed by atoms with Crippen molar-refractivity contribution in [2.45, 2.75) is 40.2 Å². The van der Waals surface area contributed by atoms with Gasteiger partial charge in [0.15, 0.2) is 0 Å². The highest BCUT2D eigenvalue weighted by Crippen LogP contribution is 2.27. The molecule has 0 radical (unpaired) electrons. The van der Waals surface area contributed by atoms with Crippen molar-refractivity contribution in [3.05, 3.63) is 58.1 Å². The van der Waals surface area contributed by atoms with E-state index in [1.54, 1.807) is 25.1 Å². The highest BCUT2D eigenvalue weighted by atomic mass is 35.5. The van der Waals surface area contributed by atoms with Gasteiger partial charge >= 0.3 is 0 Å². The molecule has 2 aromatic rings. The van der Waals surface area contributed by atoms with Crippen LogP contribution >= 0.6 is 11.6 Å². The number of rotatable bonds is 9. The van der Waals surface area contributed by atoms with Crippen molar-refractivity contribution in [3.63, 3.8) is 0 Å². The first-order valence-electron chi connectivity index (χ1n) is 9.78. The van der Waals surface area contributed by atoms with Crippen LogP contribution in [0.5, 0.6) is 5.75 Å². The van der Waals surface area contributed by atoms with Gasteiger partial charge in [-0.3, -0.25) is 9.10 Å². The summed E-state index contributed by atoms with van der Waals surface area (Å²) in [7, 11) is -3.71. The number of benzene rings is 2. The molecule has 164 valence electrons. The predicted molar refractivity (Wildman–Crippen MR) is 122 cm³/mol. The molecule has 1 N–H and O–H groups in total. The van der Waals surface area contributed by atoms with Gasteiger partial charge in [0.05, 0.1) is 18.5 Å². The molecule has 0 aliphatic rings. The average molecular weight is 453 g/mol. The normalized spacial score (nSPS) is 12.3. The van der Waals surface area contributed by atoms with E-state index in [9.17, 15) is 13.2 Å². The lowest BCUT2D eigenvalue weighted by atomic mass is 10.1. The standard InChI is InChI=1S/C22H29ClN2O4S/c1-6-20(25(30(5,27)28)18-11-10-16(3)19(23)14-18)22(26)24-12-13-29-21-9-7-8-15(2)17(21)4/h7-11,14,20H,6,12-13H2,1-5H3,(H,24,26)/t20-/m0/s1. The van der Waals surface area contributed by atoms with Crippen molar-refractivity contribution in [1.82, 2.24) is 5.32 Å². The van der Waals surface area contributed by atoms with E-state index in [0.717, 1.165) is 33.0 Å². The molecule has 0 unspecified atom stereocenters. The fraction of sp³-hybridized carbons (Fsp3) is 0.409. The molecule has 0 spiro atoms. The largest absolute Gasteiger partial charge is 0.491 e. The Labute approximate surface area is 184 Å². The van der Waals surface area contributed by atoms with Gasteiger partial charge in [0, 0.05) is 5.02 Å². The summed E-state index contributed by atoms with van der Waals surface area (Å²) in [6.07, 6.45) is 1.39. The Balaban J connectivity index is 2.10. The highest BCUT2D eigenvalue weighted by molar-refractivity contribution is 7.92. The fourth-order valence-electron chi connectivity index (χ4n) is 3.11. The lowest BCUT2D eigenvalue weighted by molar-refractivity contribution is -0.122. The van der Waals surface area contributed by atoms with Gasteiger partial charge in [-0.2, -0.15) is 0 Å². The van der Waals surface area contributed by atoms with E-state index in [0.29, 0.717) is 17.1 Å². The van der Waals surface area contributed by atoms with E-state index in [1.165, 1.54) is 0 Å². The van der Waals surface area contributed by atoms with Gasteiger partial charge < -0.3 is 10.1 Å². The summed E-state index contributed by atoms with van der Waals surface area (Å²) in [5, 5.41) is 3.23. The monoisotopic (exact) mass is 452 g/mol. The maximum atomic E-state index is 12.8. The minimum atomic E-state index is -3.71. The number of nitrogens with zero attached hydrogens (tertiary/aromatic N) is 1. The van der Waals surface area contributed by atoms with Gasteiger partial charge in [-0.1, -0.05) is 36.7 Å². The Hall–Kier alpha value is -2.25. The molecule has 0 aliphatic carbocycles. The van der Waals surface area contributed by atoms with Gasteiger partial charge in [-0.25, -0.2) is 8.42 Å². The molecule has 0 aliphatic heterocycles. The van der Waals surface area contributed by atoms with E-state index < -0.39 is 16.1 Å². The maximum absolute atomic E-state index is 12.8. The van der Waals surface area contributed by atoms with Gasteiger partial charge in [-0.15, -0.1) is 0 Å². The molecule has 1 atom stereocenters. The van der Waals surface area contributed by atoms with Crippen LogP contribution < -0.4 is 14.4 Å². The molecule has 0 aromatic heterocycles. The first-order chi connectivity index (χ1) is 14.1. The first kappa shape index (κ1) is 24.0. The molecule has 1 amide bonds. The number of carbonyl (C=O) groups is 1. The molecule has 30 heavy (non-hydrogen) atoms. The molecule has 8 heteroatoms. The fourth-order valence-corrected chi connectivity index (χ4v) is 4.49. The van der Waals surface area contributed by atoms with E-state index in [1.807, 2.05) is 39.0 Å². The van der Waals surface area contributed by atoms with Crippen LogP contribution in [0.15, 0.2) is 36.4 Å². The summed E-state index contributed by atoms with van der Waals surface area (Å²) < 4.78 is 31.9. The summed E-state index contributed by atoms with van der Waals surface area (Å²) in [5.74, 6) is 0.382. The van der Waals surface area contributed by atoms with Gasteiger partial charge in [0.25, 0.3) is 0 Å². The van der Waals surface area contributed by atoms with Crippen molar-refractivity contribution in [3.8, 4) is 5.75 Å².